The van der Waals surface area contributed by atoms with Gasteiger partial charge < -0.3 is 10.5 Å². The van der Waals surface area contributed by atoms with E-state index in [4.69, 9.17) is 0 Å². The van der Waals surface area contributed by atoms with E-state index in [-0.39, 0.29) is 11.1 Å². The fourth-order valence-electron chi connectivity index (χ4n) is 1.98. The highest BCUT2D eigenvalue weighted by Crippen LogP contribution is 2.17. The lowest BCUT2D eigenvalue weighted by Gasteiger charge is -2.15. The van der Waals surface area contributed by atoms with Crippen molar-refractivity contribution in [1.29, 1.82) is 0 Å². The lowest BCUT2D eigenvalue weighted by Crippen LogP contribution is -2.32. The Bertz CT molecular complexity index is 676. The molecule has 6 nitrogen and oxygen atoms in total. The first-order chi connectivity index (χ1) is 8.57. The molecule has 2 rings (SSSR count). The van der Waals surface area contributed by atoms with E-state index in [0.717, 1.165) is 0 Å². The van der Waals surface area contributed by atoms with Gasteiger partial charge in [0.05, 0.1) is 16.6 Å². The zero-order chi connectivity index (χ0) is 13.3. The van der Waals surface area contributed by atoms with Gasteiger partial charge in [-0.2, -0.15) is 0 Å². The minimum absolute atomic E-state index is 0.118. The van der Waals surface area contributed by atoms with Crippen LogP contribution in [0, 0.1) is 6.92 Å². The van der Waals surface area contributed by atoms with Crippen LogP contribution in [-0.4, -0.2) is 27.3 Å². The van der Waals surface area contributed by atoms with Gasteiger partial charge in [0.25, 0.3) is 5.56 Å². The van der Waals surface area contributed by atoms with E-state index < -0.39 is 5.97 Å². The van der Waals surface area contributed by atoms with Crippen LogP contribution in [0.2, 0.25) is 0 Å². The van der Waals surface area contributed by atoms with Gasteiger partial charge in [0, 0.05) is 24.3 Å². The predicted molar refractivity (Wildman–Crippen MR) is 67.6 cm³/mol. The molecule has 0 aliphatic carbocycles. The summed E-state index contributed by atoms with van der Waals surface area (Å²) in [6.07, 6.45) is 2.86. The standard InChI is InChI=1S/C12H13N3O3/c1-3-14-15-7(2)10(12(17)18)8-4-5-13-6-9(8)11(15)16/h4-6,14H,3H2,1-2H3,(H,17,18). The molecule has 0 aliphatic rings. The summed E-state index contributed by atoms with van der Waals surface area (Å²) in [4.78, 5) is 27.4. The molecule has 0 atom stereocenters. The molecule has 0 saturated carbocycles. The fraction of sp³-hybridized carbons (Fsp3) is 0.250. The number of rotatable bonds is 3. The minimum Gasteiger partial charge on any atom is -0.478 e. The molecule has 0 amide bonds. The van der Waals surface area contributed by atoms with Gasteiger partial charge in [-0.15, -0.1) is 0 Å². The Morgan fingerprint density at radius 2 is 2.22 bits per heavy atom. The highest BCUT2D eigenvalue weighted by Gasteiger charge is 2.18. The predicted octanol–water partition coefficient (Wildman–Crippen LogP) is 0.967. The summed E-state index contributed by atoms with van der Waals surface area (Å²) in [5.41, 5.74) is 3.06. The van der Waals surface area contributed by atoms with Gasteiger partial charge in [0.1, 0.15) is 0 Å². The summed E-state index contributed by atoms with van der Waals surface area (Å²) in [6.45, 7) is 3.96. The Kier molecular flexibility index (Phi) is 3.01. The molecule has 2 aromatic rings. The zero-order valence-electron chi connectivity index (χ0n) is 10.1. The number of aromatic carboxylic acids is 1. The number of hydrogen-bond acceptors (Lipinski definition) is 4. The van der Waals surface area contributed by atoms with Crippen molar-refractivity contribution >= 4 is 16.7 Å². The molecule has 0 unspecified atom stereocenters. The lowest BCUT2D eigenvalue weighted by molar-refractivity contribution is 0.0697. The molecule has 2 N–H and O–H groups in total. The lowest BCUT2D eigenvalue weighted by atomic mass is 10.1. The van der Waals surface area contributed by atoms with Crippen LogP contribution in [0.4, 0.5) is 0 Å². The third kappa shape index (κ3) is 1.71. The average Bonchev–Trinajstić information content (AvgIpc) is 2.34. The summed E-state index contributed by atoms with van der Waals surface area (Å²) in [5, 5.41) is 9.99. The van der Waals surface area contributed by atoms with Gasteiger partial charge in [-0.1, -0.05) is 0 Å². The van der Waals surface area contributed by atoms with Crippen molar-refractivity contribution < 1.29 is 9.90 Å². The quantitative estimate of drug-likeness (QED) is 0.844. The molecule has 0 spiro atoms. The van der Waals surface area contributed by atoms with Gasteiger partial charge in [-0.05, 0) is 19.9 Å². The number of aromatic nitrogens is 2. The third-order valence-corrected chi connectivity index (χ3v) is 2.75. The first kappa shape index (κ1) is 12.1. The fourth-order valence-corrected chi connectivity index (χ4v) is 1.98. The highest BCUT2D eigenvalue weighted by atomic mass is 16.4. The smallest absolute Gasteiger partial charge is 0.338 e. The van der Waals surface area contributed by atoms with Crippen LogP contribution in [0.5, 0.6) is 0 Å². The molecular weight excluding hydrogens is 234 g/mol. The van der Waals surface area contributed by atoms with Gasteiger partial charge in [-0.25, -0.2) is 9.47 Å². The van der Waals surface area contributed by atoms with Crippen LogP contribution in [-0.2, 0) is 0 Å². The molecule has 0 aliphatic heterocycles. The van der Waals surface area contributed by atoms with Crippen LogP contribution in [0.1, 0.15) is 23.0 Å². The Morgan fingerprint density at radius 3 is 2.83 bits per heavy atom. The van der Waals surface area contributed by atoms with Crippen LogP contribution in [0.25, 0.3) is 10.8 Å². The zero-order valence-corrected chi connectivity index (χ0v) is 10.1. The van der Waals surface area contributed by atoms with E-state index in [1.165, 1.54) is 17.1 Å². The maximum atomic E-state index is 12.2. The van der Waals surface area contributed by atoms with E-state index >= 15 is 0 Å². The number of carbonyl (C=O) groups is 1. The van der Waals surface area contributed by atoms with E-state index in [2.05, 4.69) is 10.4 Å². The number of carboxylic acid groups (broad SMARTS) is 1. The van der Waals surface area contributed by atoms with Crippen molar-refractivity contribution in [2.45, 2.75) is 13.8 Å². The van der Waals surface area contributed by atoms with Crippen molar-refractivity contribution in [2.24, 2.45) is 0 Å². The maximum Gasteiger partial charge on any atom is 0.338 e. The molecule has 6 heteroatoms. The Balaban J connectivity index is 2.96. The SMILES string of the molecule is CCNn1c(C)c(C(=O)O)c2ccncc2c1=O. The number of nitrogens with one attached hydrogen (secondary N) is 1. The topological polar surface area (TPSA) is 84.2 Å². The van der Waals surface area contributed by atoms with Gasteiger partial charge in [0.15, 0.2) is 0 Å². The molecule has 0 saturated heterocycles. The summed E-state index contributed by atoms with van der Waals surface area (Å²) in [5.74, 6) is -1.06. The maximum absolute atomic E-state index is 12.2. The van der Waals surface area contributed by atoms with Crippen LogP contribution in [0.3, 0.4) is 0 Å². The van der Waals surface area contributed by atoms with Crippen molar-refractivity contribution in [1.82, 2.24) is 9.66 Å². The number of nitrogens with zero attached hydrogens (tertiary/aromatic N) is 2. The molecule has 18 heavy (non-hydrogen) atoms. The van der Waals surface area contributed by atoms with Gasteiger partial charge in [0.2, 0.25) is 0 Å². The Morgan fingerprint density at radius 1 is 1.50 bits per heavy atom. The normalized spacial score (nSPS) is 10.6. The van der Waals surface area contributed by atoms with Crippen LogP contribution < -0.4 is 11.0 Å². The van der Waals surface area contributed by atoms with E-state index in [1.54, 1.807) is 13.0 Å². The monoisotopic (exact) mass is 247 g/mol. The molecule has 2 aromatic heterocycles. The van der Waals surface area contributed by atoms with Gasteiger partial charge >= 0.3 is 5.97 Å². The molecule has 0 fully saturated rings. The summed E-state index contributed by atoms with van der Waals surface area (Å²) in [6, 6.07) is 1.55. The summed E-state index contributed by atoms with van der Waals surface area (Å²) in [7, 11) is 0. The van der Waals surface area contributed by atoms with E-state index in [1.807, 2.05) is 6.92 Å². The van der Waals surface area contributed by atoms with Crippen LogP contribution in [0.15, 0.2) is 23.3 Å². The second kappa shape index (κ2) is 4.48. The Hall–Kier alpha value is -2.37. The second-order valence-electron chi connectivity index (χ2n) is 3.84. The summed E-state index contributed by atoms with van der Waals surface area (Å²) < 4.78 is 1.26. The largest absolute Gasteiger partial charge is 0.478 e. The van der Waals surface area contributed by atoms with Crippen molar-refractivity contribution in [2.75, 3.05) is 12.0 Å². The summed E-state index contributed by atoms with van der Waals surface area (Å²) >= 11 is 0. The molecule has 2 heterocycles. The Labute approximate surface area is 103 Å². The number of pyridine rings is 2. The molecule has 0 radical (unpaired) electrons. The van der Waals surface area contributed by atoms with Crippen molar-refractivity contribution in [3.8, 4) is 0 Å². The average molecular weight is 247 g/mol. The molecule has 0 aromatic carbocycles. The molecular formula is C12H13N3O3. The first-order valence-electron chi connectivity index (χ1n) is 5.54. The first-order valence-corrected chi connectivity index (χ1v) is 5.54. The van der Waals surface area contributed by atoms with E-state index in [9.17, 15) is 14.7 Å². The third-order valence-electron chi connectivity index (χ3n) is 2.75. The van der Waals surface area contributed by atoms with Crippen molar-refractivity contribution in [3.63, 3.8) is 0 Å². The van der Waals surface area contributed by atoms with Gasteiger partial charge in [-0.3, -0.25) is 9.78 Å². The van der Waals surface area contributed by atoms with Crippen molar-refractivity contribution in [3.05, 3.63) is 40.1 Å². The van der Waals surface area contributed by atoms with E-state index in [0.29, 0.717) is 23.0 Å². The molecule has 94 valence electrons. The number of fused-ring (bicyclic) bond motifs is 1. The van der Waals surface area contributed by atoms with Crippen LogP contribution >= 0.6 is 0 Å². The number of hydrogen-bond donors (Lipinski definition) is 2. The number of carboxylic acids is 1. The second-order valence-corrected chi connectivity index (χ2v) is 3.84. The molecule has 0 bridgehead atoms. The highest BCUT2D eigenvalue weighted by molar-refractivity contribution is 6.04. The minimum atomic E-state index is -1.06.